The van der Waals surface area contributed by atoms with Crippen molar-refractivity contribution in [2.75, 3.05) is 10.6 Å². The van der Waals surface area contributed by atoms with Gasteiger partial charge in [0, 0.05) is 23.0 Å². The van der Waals surface area contributed by atoms with Gasteiger partial charge in [0.05, 0.1) is 10.6 Å². The summed E-state index contributed by atoms with van der Waals surface area (Å²) in [7, 11) is 0. The van der Waals surface area contributed by atoms with Crippen LogP contribution in [0, 0.1) is 15.9 Å². The van der Waals surface area contributed by atoms with Gasteiger partial charge < -0.3 is 10.6 Å². The first-order chi connectivity index (χ1) is 11.9. The topological polar surface area (TPSA) is 84.3 Å². The highest BCUT2D eigenvalue weighted by Crippen LogP contribution is 2.33. The summed E-state index contributed by atoms with van der Waals surface area (Å²) >= 11 is 5.78. The van der Waals surface area contributed by atoms with Crippen LogP contribution in [0.4, 0.5) is 21.5 Å². The average molecular weight is 360 g/mol. The molecule has 3 rings (SSSR count). The summed E-state index contributed by atoms with van der Waals surface area (Å²) in [5.41, 5.74) is 1.55. The van der Waals surface area contributed by atoms with Gasteiger partial charge >= 0.3 is 0 Å². The number of nitrogens with one attached hydrogen (secondary N) is 2. The second-order valence-electron chi connectivity index (χ2n) is 5.24. The minimum Gasteiger partial charge on any atom is -0.353 e. The molecule has 8 heteroatoms. The highest BCUT2D eigenvalue weighted by Gasteiger charge is 2.32. The third-order valence-electron chi connectivity index (χ3n) is 3.58. The lowest BCUT2D eigenvalue weighted by atomic mass is 9.92. The molecule has 0 radical (unpaired) electrons. The summed E-state index contributed by atoms with van der Waals surface area (Å²) in [6.45, 7) is 3.67. The smallest absolute Gasteiger partial charge is 0.289 e. The maximum Gasteiger partial charge on any atom is 0.289 e. The van der Waals surface area contributed by atoms with E-state index >= 15 is 0 Å². The van der Waals surface area contributed by atoms with Gasteiger partial charge in [-0.15, -0.1) is 0 Å². The van der Waals surface area contributed by atoms with Gasteiger partial charge in [-0.25, -0.2) is 4.39 Å². The number of Topliss-reactive ketones (excluding diaryl/α,β-unsaturated/α-hetero) is 1. The molecule has 2 aromatic rings. The van der Waals surface area contributed by atoms with Crippen LogP contribution in [-0.2, 0) is 4.79 Å². The Bertz CT molecular complexity index is 939. The lowest BCUT2D eigenvalue weighted by Crippen LogP contribution is -2.30. The molecule has 0 aromatic heterocycles. The highest BCUT2D eigenvalue weighted by atomic mass is 35.5. The Morgan fingerprint density at radius 3 is 2.28 bits per heavy atom. The third kappa shape index (κ3) is 3.22. The Kier molecular flexibility index (Phi) is 4.24. The Hall–Kier alpha value is -3.19. The number of ketones is 1. The summed E-state index contributed by atoms with van der Waals surface area (Å²) < 4.78 is 13.0. The van der Waals surface area contributed by atoms with Crippen LogP contribution in [-0.4, -0.2) is 10.7 Å². The van der Waals surface area contributed by atoms with Crippen molar-refractivity contribution in [1.82, 2.24) is 0 Å². The highest BCUT2D eigenvalue weighted by molar-refractivity contribution is 6.32. The summed E-state index contributed by atoms with van der Waals surface area (Å²) in [6.07, 6.45) is 0. The molecule has 0 heterocycles. The van der Waals surface area contributed by atoms with Gasteiger partial charge in [0.2, 0.25) is 5.78 Å². The van der Waals surface area contributed by atoms with Gasteiger partial charge in [0.25, 0.3) is 5.69 Å². The molecular formula is C17H11ClFN3O3. The molecular weight excluding hydrogens is 349 g/mol. The van der Waals surface area contributed by atoms with Gasteiger partial charge in [-0.3, -0.25) is 14.9 Å². The molecule has 6 nitrogen and oxygen atoms in total. The van der Waals surface area contributed by atoms with E-state index in [-0.39, 0.29) is 27.8 Å². The first kappa shape index (κ1) is 16.7. The second kappa shape index (κ2) is 6.37. The van der Waals surface area contributed by atoms with E-state index in [4.69, 9.17) is 11.6 Å². The third-order valence-corrected chi connectivity index (χ3v) is 3.90. The first-order valence-electron chi connectivity index (χ1n) is 7.08. The van der Waals surface area contributed by atoms with E-state index in [9.17, 15) is 19.3 Å². The number of anilines is 2. The second-order valence-corrected chi connectivity index (χ2v) is 5.65. The van der Waals surface area contributed by atoms with E-state index in [1.54, 1.807) is 6.07 Å². The van der Waals surface area contributed by atoms with Crippen molar-refractivity contribution in [2.45, 2.75) is 0 Å². The molecule has 0 amide bonds. The molecule has 0 bridgehead atoms. The molecule has 0 saturated carbocycles. The molecule has 2 N–H and O–H groups in total. The summed E-state index contributed by atoms with van der Waals surface area (Å²) in [4.78, 5) is 22.4. The maximum absolute atomic E-state index is 13.0. The zero-order valence-electron chi connectivity index (χ0n) is 12.7. The van der Waals surface area contributed by atoms with Crippen LogP contribution in [0.5, 0.6) is 0 Å². The monoisotopic (exact) mass is 359 g/mol. The molecule has 0 fully saturated rings. The van der Waals surface area contributed by atoms with Crippen LogP contribution >= 0.6 is 11.6 Å². The summed E-state index contributed by atoms with van der Waals surface area (Å²) in [5.74, 6) is -0.689. The largest absolute Gasteiger partial charge is 0.353 e. The van der Waals surface area contributed by atoms with E-state index in [0.29, 0.717) is 17.1 Å². The Labute approximate surface area is 146 Å². The first-order valence-corrected chi connectivity index (χ1v) is 7.46. The van der Waals surface area contributed by atoms with Gasteiger partial charge in [-0.1, -0.05) is 18.2 Å². The lowest BCUT2D eigenvalue weighted by Gasteiger charge is -2.26. The van der Waals surface area contributed by atoms with Crippen LogP contribution in [0.15, 0.2) is 66.0 Å². The zero-order valence-corrected chi connectivity index (χ0v) is 13.4. The van der Waals surface area contributed by atoms with Gasteiger partial charge in [-0.05, 0) is 36.4 Å². The van der Waals surface area contributed by atoms with Crippen molar-refractivity contribution in [3.63, 3.8) is 0 Å². The number of nitro benzene ring substituents is 1. The average Bonchev–Trinajstić information content (AvgIpc) is 2.60. The van der Waals surface area contributed by atoms with Crippen molar-refractivity contribution < 1.29 is 14.1 Å². The van der Waals surface area contributed by atoms with Crippen LogP contribution in [0.1, 0.15) is 0 Å². The van der Waals surface area contributed by atoms with Crippen molar-refractivity contribution in [1.29, 1.82) is 0 Å². The van der Waals surface area contributed by atoms with Crippen molar-refractivity contribution >= 4 is 34.4 Å². The maximum atomic E-state index is 13.0. The number of benzene rings is 2. The predicted octanol–water partition coefficient (Wildman–Crippen LogP) is 4.26. The minimum atomic E-state index is -0.597. The lowest BCUT2D eigenvalue weighted by molar-refractivity contribution is -0.384. The summed E-state index contributed by atoms with van der Waals surface area (Å²) in [5, 5.41) is 16.8. The molecule has 25 heavy (non-hydrogen) atoms. The minimum absolute atomic E-state index is 0.0118. The van der Waals surface area contributed by atoms with Crippen LogP contribution in [0.2, 0.25) is 5.02 Å². The number of allylic oxidation sites excluding steroid dienone is 2. The number of carbonyl (C=O) groups is 1. The van der Waals surface area contributed by atoms with Crippen molar-refractivity contribution in [2.24, 2.45) is 0 Å². The number of carbonyl (C=O) groups excluding carboxylic acids is 1. The van der Waals surface area contributed by atoms with E-state index in [2.05, 4.69) is 17.2 Å². The zero-order chi connectivity index (χ0) is 18.1. The van der Waals surface area contributed by atoms with E-state index in [0.717, 1.165) is 0 Å². The fourth-order valence-electron chi connectivity index (χ4n) is 2.28. The Morgan fingerprint density at radius 1 is 1.04 bits per heavy atom. The molecule has 0 unspecified atom stereocenters. The van der Waals surface area contributed by atoms with Gasteiger partial charge in [0.15, 0.2) is 0 Å². The van der Waals surface area contributed by atoms with Gasteiger partial charge in [0.1, 0.15) is 16.5 Å². The van der Waals surface area contributed by atoms with Crippen molar-refractivity contribution in [3.05, 3.63) is 87.0 Å². The normalized spacial score (nSPS) is 13.5. The molecule has 2 aromatic carbocycles. The predicted molar refractivity (Wildman–Crippen MR) is 92.9 cm³/mol. The standard InChI is InChI=1S/C17H11ClFN3O3/c1-9-15(21-12-6-7-13(18)14(8-12)22(24)25)16(17(9)23)20-11-4-2-10(19)3-5-11/h2-8,20-21H,1H2. The quantitative estimate of drug-likeness (QED) is 0.473. The fraction of sp³-hybridized carbons (Fsp3) is 0. The SMILES string of the molecule is C=C1C(=O)C(Nc2ccc(F)cc2)=C1Nc1ccc(Cl)c([N+](=O)[O-])c1. The van der Waals surface area contributed by atoms with Crippen LogP contribution in [0.3, 0.4) is 0 Å². The molecule has 126 valence electrons. The Morgan fingerprint density at radius 2 is 1.64 bits per heavy atom. The molecule has 0 aliphatic heterocycles. The summed E-state index contributed by atoms with van der Waals surface area (Å²) in [6, 6.07) is 9.70. The molecule has 1 aliphatic rings. The number of rotatable bonds is 5. The molecule has 0 saturated heterocycles. The molecule has 0 atom stereocenters. The van der Waals surface area contributed by atoms with Crippen molar-refractivity contribution in [3.8, 4) is 0 Å². The fourth-order valence-corrected chi connectivity index (χ4v) is 2.46. The number of hydrogen-bond acceptors (Lipinski definition) is 5. The van der Waals surface area contributed by atoms with E-state index in [1.165, 1.54) is 36.4 Å². The van der Waals surface area contributed by atoms with Crippen LogP contribution < -0.4 is 10.6 Å². The number of halogens is 2. The number of hydrogen-bond donors (Lipinski definition) is 2. The van der Waals surface area contributed by atoms with E-state index in [1.807, 2.05) is 0 Å². The van der Waals surface area contributed by atoms with E-state index < -0.39 is 10.7 Å². The Balaban J connectivity index is 1.89. The molecule has 0 spiro atoms. The van der Waals surface area contributed by atoms with Gasteiger partial charge in [-0.2, -0.15) is 0 Å². The van der Waals surface area contributed by atoms with Crippen LogP contribution in [0.25, 0.3) is 0 Å². The molecule has 1 aliphatic carbocycles. The number of nitro groups is 1. The number of nitrogens with zero attached hydrogens (tertiary/aromatic N) is 1.